The van der Waals surface area contributed by atoms with Gasteiger partial charge in [-0.1, -0.05) is 12.1 Å². The standard InChI is InChI=1S/C23H30FN5O2/c1-17-16-21(27-10-6-3-7-11-27)26-23(25-17)29-14-12-28(13-15-29)22(30)18(2)31-20-9-5-4-8-19(20)24/h4-5,8-9,16,18H,3,6-7,10-15H2,1-2H3. The number of carbonyl (C=O) groups is 1. The minimum absolute atomic E-state index is 0.0976. The lowest BCUT2D eigenvalue weighted by Gasteiger charge is -2.36. The molecule has 0 radical (unpaired) electrons. The van der Waals surface area contributed by atoms with Gasteiger partial charge in [-0.25, -0.2) is 9.37 Å². The molecule has 166 valence electrons. The first-order chi connectivity index (χ1) is 15.0. The minimum atomic E-state index is -0.746. The average molecular weight is 428 g/mol. The van der Waals surface area contributed by atoms with E-state index in [0.29, 0.717) is 26.2 Å². The zero-order chi connectivity index (χ0) is 21.8. The Kier molecular flexibility index (Phi) is 6.53. The number of piperazine rings is 1. The predicted molar refractivity (Wildman–Crippen MR) is 118 cm³/mol. The van der Waals surface area contributed by atoms with E-state index in [9.17, 15) is 9.18 Å². The lowest BCUT2D eigenvalue weighted by atomic mass is 10.1. The SMILES string of the molecule is Cc1cc(N2CCCCC2)nc(N2CCN(C(=O)C(C)Oc3ccccc3F)CC2)n1. The molecule has 2 aliphatic heterocycles. The second-order valence-corrected chi connectivity index (χ2v) is 8.22. The largest absolute Gasteiger partial charge is 0.478 e. The van der Waals surface area contributed by atoms with Gasteiger partial charge in [0.2, 0.25) is 5.95 Å². The maximum Gasteiger partial charge on any atom is 0.263 e. The van der Waals surface area contributed by atoms with Crippen LogP contribution in [-0.4, -0.2) is 66.1 Å². The predicted octanol–water partition coefficient (Wildman–Crippen LogP) is 3.03. The Morgan fingerprint density at radius 3 is 2.42 bits per heavy atom. The fraction of sp³-hybridized carbons (Fsp3) is 0.522. The summed E-state index contributed by atoms with van der Waals surface area (Å²) in [5.74, 6) is 1.21. The molecule has 2 fully saturated rings. The topological polar surface area (TPSA) is 61.8 Å². The van der Waals surface area contributed by atoms with Crippen molar-refractivity contribution in [2.45, 2.75) is 39.2 Å². The third-order valence-electron chi connectivity index (χ3n) is 5.87. The molecule has 0 N–H and O–H groups in total. The van der Waals surface area contributed by atoms with Gasteiger partial charge < -0.3 is 19.4 Å². The van der Waals surface area contributed by atoms with Gasteiger partial charge in [-0.05, 0) is 45.2 Å². The fourth-order valence-corrected chi connectivity index (χ4v) is 4.13. The van der Waals surface area contributed by atoms with Crippen molar-refractivity contribution in [3.8, 4) is 5.75 Å². The van der Waals surface area contributed by atoms with E-state index in [2.05, 4.69) is 20.9 Å². The molecule has 2 saturated heterocycles. The second-order valence-electron chi connectivity index (χ2n) is 8.22. The Labute approximate surface area is 182 Å². The number of hydrogen-bond donors (Lipinski definition) is 0. The number of anilines is 2. The Hall–Kier alpha value is -2.90. The number of nitrogens with zero attached hydrogens (tertiary/aromatic N) is 5. The highest BCUT2D eigenvalue weighted by Gasteiger charge is 2.28. The van der Waals surface area contributed by atoms with Gasteiger partial charge in [0.15, 0.2) is 17.7 Å². The summed E-state index contributed by atoms with van der Waals surface area (Å²) in [6.45, 7) is 8.16. The van der Waals surface area contributed by atoms with Crippen LogP contribution in [0.5, 0.6) is 5.75 Å². The lowest BCUT2D eigenvalue weighted by Crippen LogP contribution is -2.52. The van der Waals surface area contributed by atoms with E-state index in [-0.39, 0.29) is 11.7 Å². The van der Waals surface area contributed by atoms with Crippen molar-refractivity contribution in [1.29, 1.82) is 0 Å². The van der Waals surface area contributed by atoms with Gasteiger partial charge in [0, 0.05) is 51.0 Å². The molecule has 1 atom stereocenters. The molecular weight excluding hydrogens is 397 g/mol. The number of carbonyl (C=O) groups excluding carboxylic acids is 1. The van der Waals surface area contributed by atoms with E-state index in [0.717, 1.165) is 30.5 Å². The highest BCUT2D eigenvalue weighted by Crippen LogP contribution is 2.22. The highest BCUT2D eigenvalue weighted by atomic mass is 19.1. The summed E-state index contributed by atoms with van der Waals surface area (Å²) < 4.78 is 19.4. The number of aryl methyl sites for hydroxylation is 1. The molecule has 1 aromatic carbocycles. The number of ether oxygens (including phenoxy) is 1. The van der Waals surface area contributed by atoms with Crippen molar-refractivity contribution in [2.75, 3.05) is 49.1 Å². The van der Waals surface area contributed by atoms with Crippen molar-refractivity contribution in [3.05, 3.63) is 41.8 Å². The van der Waals surface area contributed by atoms with Gasteiger partial charge in [-0.3, -0.25) is 4.79 Å². The Balaban J connectivity index is 1.36. The summed E-state index contributed by atoms with van der Waals surface area (Å²) in [4.78, 5) is 28.5. The third kappa shape index (κ3) is 5.06. The number of piperidine rings is 1. The number of hydrogen-bond acceptors (Lipinski definition) is 6. The number of para-hydroxylation sites is 1. The molecule has 7 nitrogen and oxygen atoms in total. The van der Waals surface area contributed by atoms with Gasteiger partial charge in [0.05, 0.1) is 0 Å². The quantitative estimate of drug-likeness (QED) is 0.731. The van der Waals surface area contributed by atoms with Crippen LogP contribution in [0.15, 0.2) is 30.3 Å². The van der Waals surface area contributed by atoms with Crippen molar-refractivity contribution in [2.24, 2.45) is 0 Å². The zero-order valence-corrected chi connectivity index (χ0v) is 18.3. The van der Waals surface area contributed by atoms with Crippen LogP contribution in [0, 0.1) is 12.7 Å². The summed E-state index contributed by atoms with van der Waals surface area (Å²) in [6.07, 6.45) is 2.94. The summed E-state index contributed by atoms with van der Waals surface area (Å²) in [5.41, 5.74) is 0.955. The molecule has 1 unspecified atom stereocenters. The van der Waals surface area contributed by atoms with Crippen LogP contribution in [0.1, 0.15) is 31.9 Å². The van der Waals surface area contributed by atoms with Crippen LogP contribution in [0.3, 0.4) is 0 Å². The minimum Gasteiger partial charge on any atom is -0.478 e. The van der Waals surface area contributed by atoms with Crippen molar-refractivity contribution in [3.63, 3.8) is 0 Å². The highest BCUT2D eigenvalue weighted by molar-refractivity contribution is 5.81. The first-order valence-electron chi connectivity index (χ1n) is 11.1. The molecule has 0 bridgehead atoms. The van der Waals surface area contributed by atoms with Crippen LogP contribution in [0.25, 0.3) is 0 Å². The van der Waals surface area contributed by atoms with Gasteiger partial charge in [0.1, 0.15) is 5.82 Å². The first kappa shape index (κ1) is 21.3. The molecule has 2 aromatic rings. The van der Waals surface area contributed by atoms with Crippen molar-refractivity contribution in [1.82, 2.24) is 14.9 Å². The van der Waals surface area contributed by atoms with E-state index < -0.39 is 11.9 Å². The Morgan fingerprint density at radius 2 is 1.71 bits per heavy atom. The first-order valence-corrected chi connectivity index (χ1v) is 11.1. The van der Waals surface area contributed by atoms with Crippen LogP contribution in [0.2, 0.25) is 0 Å². The number of halogens is 1. The van der Waals surface area contributed by atoms with Gasteiger partial charge in [0.25, 0.3) is 5.91 Å². The molecule has 0 aliphatic carbocycles. The van der Waals surface area contributed by atoms with E-state index in [4.69, 9.17) is 9.72 Å². The summed E-state index contributed by atoms with van der Waals surface area (Å²) in [5, 5.41) is 0. The van der Waals surface area contributed by atoms with Crippen LogP contribution in [-0.2, 0) is 4.79 Å². The molecule has 31 heavy (non-hydrogen) atoms. The van der Waals surface area contributed by atoms with Gasteiger partial charge >= 0.3 is 0 Å². The Bertz CT molecular complexity index is 911. The number of benzene rings is 1. The molecule has 2 aliphatic rings. The van der Waals surface area contributed by atoms with Crippen LogP contribution in [0.4, 0.5) is 16.2 Å². The molecule has 4 rings (SSSR count). The maximum atomic E-state index is 13.8. The monoisotopic (exact) mass is 427 g/mol. The maximum absolute atomic E-state index is 13.8. The van der Waals surface area contributed by atoms with Gasteiger partial charge in [-0.2, -0.15) is 4.98 Å². The lowest BCUT2D eigenvalue weighted by molar-refractivity contribution is -0.138. The molecule has 0 spiro atoms. The van der Waals surface area contributed by atoms with Crippen LogP contribution < -0.4 is 14.5 Å². The summed E-state index contributed by atoms with van der Waals surface area (Å²) >= 11 is 0. The Morgan fingerprint density at radius 1 is 1.00 bits per heavy atom. The van der Waals surface area contributed by atoms with E-state index >= 15 is 0 Å². The van der Waals surface area contributed by atoms with Gasteiger partial charge in [-0.15, -0.1) is 0 Å². The summed E-state index contributed by atoms with van der Waals surface area (Å²) in [7, 11) is 0. The van der Waals surface area contributed by atoms with Crippen molar-refractivity contribution >= 4 is 17.7 Å². The molecule has 3 heterocycles. The molecule has 0 saturated carbocycles. The smallest absolute Gasteiger partial charge is 0.263 e. The number of rotatable bonds is 5. The van der Waals surface area contributed by atoms with E-state index in [1.165, 1.54) is 31.4 Å². The van der Waals surface area contributed by atoms with Crippen LogP contribution >= 0.6 is 0 Å². The molecule has 1 aromatic heterocycles. The third-order valence-corrected chi connectivity index (χ3v) is 5.87. The zero-order valence-electron chi connectivity index (χ0n) is 18.3. The van der Waals surface area contributed by atoms with E-state index in [1.807, 2.05) is 6.92 Å². The average Bonchev–Trinajstić information content (AvgIpc) is 2.80. The van der Waals surface area contributed by atoms with Crippen molar-refractivity contribution < 1.29 is 13.9 Å². The molecule has 8 heteroatoms. The normalized spacial score (nSPS) is 18.1. The fourth-order valence-electron chi connectivity index (χ4n) is 4.13. The number of amides is 1. The number of aromatic nitrogens is 2. The van der Waals surface area contributed by atoms with E-state index in [1.54, 1.807) is 24.0 Å². The summed E-state index contributed by atoms with van der Waals surface area (Å²) in [6, 6.07) is 8.19. The second kappa shape index (κ2) is 9.49. The molecule has 1 amide bonds. The molecular formula is C23H30FN5O2.